The number of nitrogens with zero attached hydrogens (tertiary/aromatic N) is 1. The van der Waals surface area contributed by atoms with Crippen molar-refractivity contribution < 1.29 is 23.8 Å². The molecule has 0 saturated carbocycles. The highest BCUT2D eigenvalue weighted by atomic mass is 32.2. The zero-order chi connectivity index (χ0) is 21.3. The maximum absolute atomic E-state index is 13.5. The molecule has 0 unspecified atom stereocenters. The molecule has 2 heterocycles. The van der Waals surface area contributed by atoms with E-state index in [0.29, 0.717) is 30.9 Å². The fourth-order valence-electron chi connectivity index (χ4n) is 4.26. The van der Waals surface area contributed by atoms with Gasteiger partial charge in [0.1, 0.15) is 0 Å². The maximum Gasteiger partial charge on any atom is 0.307 e. The van der Waals surface area contributed by atoms with Gasteiger partial charge in [-0.25, -0.2) is 0 Å². The Morgan fingerprint density at radius 2 is 1.80 bits per heavy atom. The van der Waals surface area contributed by atoms with E-state index in [2.05, 4.69) is 12.1 Å². The third kappa shape index (κ3) is 3.74. The summed E-state index contributed by atoms with van der Waals surface area (Å²) in [7, 11) is 4.55. The Bertz CT molecular complexity index is 951. The van der Waals surface area contributed by atoms with Crippen molar-refractivity contribution in [3.05, 3.63) is 53.1 Å². The molecule has 4 rings (SSSR count). The summed E-state index contributed by atoms with van der Waals surface area (Å²) in [5.41, 5.74) is 3.18. The van der Waals surface area contributed by atoms with Crippen molar-refractivity contribution in [2.75, 3.05) is 27.9 Å². The van der Waals surface area contributed by atoms with Crippen molar-refractivity contribution >= 4 is 23.6 Å². The number of thioether (sulfide) groups is 1. The highest BCUT2D eigenvalue weighted by Crippen LogP contribution is 2.43. The Hall–Kier alpha value is -2.67. The summed E-state index contributed by atoms with van der Waals surface area (Å²) in [6.07, 6.45) is 1.51. The zero-order valence-corrected chi connectivity index (χ0v) is 18.2. The molecule has 158 valence electrons. The van der Waals surface area contributed by atoms with Crippen LogP contribution in [0.25, 0.3) is 0 Å². The van der Waals surface area contributed by atoms with Crippen LogP contribution in [-0.2, 0) is 27.2 Å². The van der Waals surface area contributed by atoms with Crippen molar-refractivity contribution in [3.8, 4) is 11.5 Å². The average molecular weight is 428 g/mol. The average Bonchev–Trinajstić information content (AvgIpc) is 3.22. The third-order valence-corrected chi connectivity index (χ3v) is 7.10. The molecule has 1 amide bonds. The number of fused-ring (bicyclic) bond motifs is 2. The fourth-order valence-corrected chi connectivity index (χ4v) is 5.52. The largest absolute Gasteiger partial charge is 0.493 e. The predicted molar refractivity (Wildman–Crippen MR) is 114 cm³/mol. The summed E-state index contributed by atoms with van der Waals surface area (Å²) in [5.74, 6) is 0.950. The molecule has 2 aromatic carbocycles. The summed E-state index contributed by atoms with van der Waals surface area (Å²) >= 11 is 1.61. The summed E-state index contributed by atoms with van der Waals surface area (Å²) in [6, 6.07) is 11.6. The van der Waals surface area contributed by atoms with Gasteiger partial charge < -0.3 is 19.1 Å². The van der Waals surface area contributed by atoms with Gasteiger partial charge in [0.05, 0.1) is 39.0 Å². The van der Waals surface area contributed by atoms with E-state index < -0.39 is 6.04 Å². The topological polar surface area (TPSA) is 65.1 Å². The Labute approximate surface area is 180 Å². The smallest absolute Gasteiger partial charge is 0.307 e. The van der Waals surface area contributed by atoms with Gasteiger partial charge >= 0.3 is 5.97 Å². The molecule has 0 aliphatic carbocycles. The van der Waals surface area contributed by atoms with Gasteiger partial charge in [0.25, 0.3) is 0 Å². The highest BCUT2D eigenvalue weighted by molar-refractivity contribution is 8.01. The highest BCUT2D eigenvalue weighted by Gasteiger charge is 2.38. The minimum absolute atomic E-state index is 0.0607. The number of carbonyl (C=O) groups excluding carboxylic acids is 2. The molecule has 6 nitrogen and oxygen atoms in total. The first-order valence-corrected chi connectivity index (χ1v) is 10.8. The number of esters is 1. The van der Waals surface area contributed by atoms with E-state index in [1.54, 1.807) is 26.0 Å². The Morgan fingerprint density at radius 3 is 2.50 bits per heavy atom. The van der Waals surface area contributed by atoms with Gasteiger partial charge in [0, 0.05) is 11.4 Å². The second-order valence-electron chi connectivity index (χ2n) is 7.40. The minimum atomic E-state index is -0.391. The standard InChI is InChI=1S/C23H25NO5S/c1-27-18-10-14-8-9-24(17(13-22(25)29-3)16(14)12-19(18)28-2)23(26)21-11-15-6-4-5-7-20(15)30-21/h4-7,10,12,17,21H,8-9,11,13H2,1-3H3/t17-,21-/m1/s1. The number of hydrogen-bond donors (Lipinski definition) is 0. The Morgan fingerprint density at radius 1 is 1.07 bits per heavy atom. The van der Waals surface area contributed by atoms with Crippen molar-refractivity contribution in [2.45, 2.75) is 35.4 Å². The van der Waals surface area contributed by atoms with Gasteiger partial charge in [-0.05, 0) is 47.7 Å². The van der Waals surface area contributed by atoms with Crippen molar-refractivity contribution in [3.63, 3.8) is 0 Å². The number of rotatable bonds is 5. The lowest BCUT2D eigenvalue weighted by molar-refractivity contribution is -0.144. The number of ether oxygens (including phenoxy) is 3. The third-order valence-electron chi connectivity index (χ3n) is 5.80. The summed E-state index contributed by atoms with van der Waals surface area (Å²) in [4.78, 5) is 28.7. The molecule has 0 spiro atoms. The molecule has 2 aliphatic heterocycles. The van der Waals surface area contributed by atoms with Crippen LogP contribution in [0.1, 0.15) is 29.2 Å². The molecular formula is C23H25NO5S. The van der Waals surface area contributed by atoms with Gasteiger partial charge in [-0.1, -0.05) is 18.2 Å². The van der Waals surface area contributed by atoms with E-state index in [1.165, 1.54) is 12.7 Å². The molecule has 7 heteroatoms. The predicted octanol–water partition coefficient (Wildman–Crippen LogP) is 3.41. The molecule has 0 aromatic heterocycles. The van der Waals surface area contributed by atoms with E-state index in [0.717, 1.165) is 16.0 Å². The molecule has 0 bridgehead atoms. The molecule has 2 atom stereocenters. The van der Waals surface area contributed by atoms with E-state index in [-0.39, 0.29) is 23.5 Å². The second kappa shape index (κ2) is 8.60. The van der Waals surface area contributed by atoms with E-state index in [1.807, 2.05) is 29.2 Å². The summed E-state index contributed by atoms with van der Waals surface area (Å²) < 4.78 is 15.8. The minimum Gasteiger partial charge on any atom is -0.493 e. The van der Waals surface area contributed by atoms with Crippen LogP contribution in [-0.4, -0.2) is 49.9 Å². The van der Waals surface area contributed by atoms with Crippen LogP contribution in [0.4, 0.5) is 0 Å². The fraction of sp³-hybridized carbons (Fsp3) is 0.391. The number of hydrogen-bond acceptors (Lipinski definition) is 6. The molecule has 2 aromatic rings. The van der Waals surface area contributed by atoms with Crippen LogP contribution >= 0.6 is 11.8 Å². The summed E-state index contributed by atoms with van der Waals surface area (Å²) in [5, 5.41) is -0.177. The van der Waals surface area contributed by atoms with Crippen molar-refractivity contribution in [1.82, 2.24) is 4.90 Å². The molecule has 0 radical (unpaired) electrons. The van der Waals surface area contributed by atoms with Crippen LogP contribution in [0.5, 0.6) is 11.5 Å². The second-order valence-corrected chi connectivity index (χ2v) is 8.65. The van der Waals surface area contributed by atoms with Crippen LogP contribution < -0.4 is 9.47 Å². The molecule has 2 aliphatic rings. The number of amides is 1. The Kier molecular flexibility index (Phi) is 5.90. The molecule has 0 fully saturated rings. The molecule has 0 saturated heterocycles. The van der Waals surface area contributed by atoms with Gasteiger partial charge in [-0.15, -0.1) is 11.8 Å². The SMILES string of the molecule is COC(=O)C[C@@H]1c2cc(OC)c(OC)cc2CCN1C(=O)[C@H]1Cc2ccccc2S1. The van der Waals surface area contributed by atoms with E-state index in [9.17, 15) is 9.59 Å². The number of carbonyl (C=O) groups is 2. The van der Waals surface area contributed by atoms with Gasteiger partial charge in [-0.3, -0.25) is 9.59 Å². The van der Waals surface area contributed by atoms with E-state index >= 15 is 0 Å². The van der Waals surface area contributed by atoms with Crippen molar-refractivity contribution in [1.29, 1.82) is 0 Å². The maximum atomic E-state index is 13.5. The van der Waals surface area contributed by atoms with Crippen LogP contribution in [0.2, 0.25) is 0 Å². The van der Waals surface area contributed by atoms with Gasteiger partial charge in [-0.2, -0.15) is 0 Å². The van der Waals surface area contributed by atoms with Crippen molar-refractivity contribution in [2.24, 2.45) is 0 Å². The number of benzene rings is 2. The first-order valence-electron chi connectivity index (χ1n) is 9.92. The lowest BCUT2D eigenvalue weighted by Gasteiger charge is -2.38. The van der Waals surface area contributed by atoms with Crippen LogP contribution in [0, 0.1) is 0 Å². The lowest BCUT2D eigenvalue weighted by Crippen LogP contribution is -2.45. The quantitative estimate of drug-likeness (QED) is 0.682. The Balaban J connectivity index is 1.66. The first kappa shape index (κ1) is 20.6. The van der Waals surface area contributed by atoms with E-state index in [4.69, 9.17) is 14.2 Å². The molecule has 0 N–H and O–H groups in total. The molecule has 30 heavy (non-hydrogen) atoms. The zero-order valence-electron chi connectivity index (χ0n) is 17.3. The monoisotopic (exact) mass is 427 g/mol. The van der Waals surface area contributed by atoms with Gasteiger partial charge in [0.2, 0.25) is 5.91 Å². The van der Waals surface area contributed by atoms with Gasteiger partial charge in [0.15, 0.2) is 11.5 Å². The van der Waals surface area contributed by atoms with Crippen LogP contribution in [0.15, 0.2) is 41.3 Å². The van der Waals surface area contributed by atoms with Crippen LogP contribution in [0.3, 0.4) is 0 Å². The summed E-state index contributed by atoms with van der Waals surface area (Å²) in [6.45, 7) is 0.552. The molecular weight excluding hydrogens is 402 g/mol. The normalized spacial score (nSPS) is 19.6. The lowest BCUT2D eigenvalue weighted by atomic mass is 9.89. The number of methoxy groups -OCH3 is 3. The first-order chi connectivity index (χ1) is 14.5.